The molecule has 0 fully saturated rings. The Morgan fingerprint density at radius 3 is 2.33 bits per heavy atom. The average molecular weight is 438 g/mol. The van der Waals surface area contributed by atoms with Gasteiger partial charge in [0.25, 0.3) is 0 Å². The molecule has 1 aliphatic rings. The van der Waals surface area contributed by atoms with Crippen molar-refractivity contribution in [3.8, 4) is 11.1 Å². The van der Waals surface area contributed by atoms with Gasteiger partial charge in [0.2, 0.25) is 0 Å². The molecule has 1 aliphatic carbocycles. The van der Waals surface area contributed by atoms with Gasteiger partial charge >= 0.3 is 161 Å². The standard InChI is InChI=1S/C21H23.2ClH.Zr/c1-14(2)11-17-12-18-10-9-16(4)21(20(18)13-17)19-8-6-5-7-15(19)3;;;/h5-10,12-14H,11H2,1-4H3;2*1H;/q;;;+2/p-2. The Hall–Kier alpha value is -0.357. The van der Waals surface area contributed by atoms with Gasteiger partial charge in [-0.1, -0.05) is 0 Å². The molecule has 0 spiro atoms. The SMILES string of the molecule is Cc1ccccc1-c1c(C)ccc2c1C=C(CC(C)C)[CH]2[Zr]([Cl])[Cl]. The van der Waals surface area contributed by atoms with Crippen LogP contribution in [-0.4, -0.2) is 0 Å². The Morgan fingerprint density at radius 1 is 1.00 bits per heavy atom. The first-order valence-corrected chi connectivity index (χ1v) is 16.2. The number of fused-ring (bicyclic) bond motifs is 1. The second-order valence-corrected chi connectivity index (χ2v) is 15.9. The Labute approximate surface area is 160 Å². The summed E-state index contributed by atoms with van der Waals surface area (Å²) in [6.07, 6.45) is 3.47. The van der Waals surface area contributed by atoms with Gasteiger partial charge in [0, 0.05) is 0 Å². The van der Waals surface area contributed by atoms with Gasteiger partial charge in [0.05, 0.1) is 0 Å². The van der Waals surface area contributed by atoms with E-state index >= 15 is 0 Å². The van der Waals surface area contributed by atoms with Crippen molar-refractivity contribution in [3.63, 3.8) is 0 Å². The van der Waals surface area contributed by atoms with E-state index in [9.17, 15) is 0 Å². The molecule has 0 aromatic heterocycles. The number of aryl methyl sites for hydroxylation is 2. The molecule has 3 heteroatoms. The van der Waals surface area contributed by atoms with Gasteiger partial charge in [-0.15, -0.1) is 0 Å². The molecule has 1 unspecified atom stereocenters. The van der Waals surface area contributed by atoms with Crippen LogP contribution in [-0.2, 0) is 19.4 Å². The minimum atomic E-state index is -2.44. The maximum atomic E-state index is 6.58. The van der Waals surface area contributed by atoms with Crippen LogP contribution in [0.4, 0.5) is 0 Å². The second kappa shape index (κ2) is 7.49. The quantitative estimate of drug-likeness (QED) is 0.468. The van der Waals surface area contributed by atoms with E-state index in [2.05, 4.69) is 70.2 Å². The van der Waals surface area contributed by atoms with Crippen molar-refractivity contribution < 1.29 is 19.4 Å². The third kappa shape index (κ3) is 3.46. The van der Waals surface area contributed by atoms with Gasteiger partial charge in [-0.05, 0) is 0 Å². The molecule has 2 aromatic rings. The van der Waals surface area contributed by atoms with Gasteiger partial charge in [0.15, 0.2) is 0 Å². The molecule has 0 aliphatic heterocycles. The van der Waals surface area contributed by atoms with Crippen LogP contribution in [0.2, 0.25) is 0 Å². The van der Waals surface area contributed by atoms with Crippen molar-refractivity contribution in [3.05, 3.63) is 64.2 Å². The summed E-state index contributed by atoms with van der Waals surface area (Å²) >= 11 is -2.44. The third-order valence-electron chi connectivity index (χ3n) is 4.78. The second-order valence-electron chi connectivity index (χ2n) is 7.12. The summed E-state index contributed by atoms with van der Waals surface area (Å²) in [4.78, 5) is 0. The Bertz CT molecular complexity index is 790. The molecule has 24 heavy (non-hydrogen) atoms. The molecule has 0 saturated carbocycles. The van der Waals surface area contributed by atoms with Crippen molar-refractivity contribution >= 4 is 23.1 Å². The van der Waals surface area contributed by atoms with Gasteiger partial charge in [-0.25, -0.2) is 0 Å². The summed E-state index contributed by atoms with van der Waals surface area (Å²) in [7, 11) is 13.2. The molecule has 0 nitrogen and oxygen atoms in total. The fourth-order valence-electron chi connectivity index (χ4n) is 3.74. The number of hydrogen-bond donors (Lipinski definition) is 0. The summed E-state index contributed by atoms with van der Waals surface area (Å²) < 4.78 is 0.302. The zero-order valence-corrected chi connectivity index (χ0v) is 18.6. The number of rotatable bonds is 4. The van der Waals surface area contributed by atoms with Gasteiger partial charge in [0.1, 0.15) is 0 Å². The monoisotopic (exact) mass is 435 g/mol. The first-order chi connectivity index (χ1) is 11.4. The Balaban J connectivity index is 2.22. The molecule has 0 saturated heterocycles. The predicted octanol–water partition coefficient (Wildman–Crippen LogP) is 7.38. The van der Waals surface area contributed by atoms with Crippen LogP contribution in [0.5, 0.6) is 0 Å². The fourth-order valence-corrected chi connectivity index (χ4v) is 9.17. The van der Waals surface area contributed by atoms with E-state index in [1.54, 1.807) is 0 Å². The first-order valence-electron chi connectivity index (χ1n) is 8.48. The predicted molar refractivity (Wildman–Crippen MR) is 103 cm³/mol. The number of halogens is 2. The summed E-state index contributed by atoms with van der Waals surface area (Å²) in [6.45, 7) is 8.91. The van der Waals surface area contributed by atoms with Crippen molar-refractivity contribution in [1.29, 1.82) is 0 Å². The molecular weight excluding hydrogens is 414 g/mol. The molecule has 0 amide bonds. The van der Waals surface area contributed by atoms with Gasteiger partial charge in [-0.2, -0.15) is 0 Å². The molecule has 3 rings (SSSR count). The van der Waals surface area contributed by atoms with Gasteiger partial charge < -0.3 is 0 Å². The fraction of sp³-hybridized carbons (Fsp3) is 0.333. The number of benzene rings is 2. The van der Waals surface area contributed by atoms with Crippen LogP contribution < -0.4 is 0 Å². The van der Waals surface area contributed by atoms with Crippen LogP contribution in [0.3, 0.4) is 0 Å². The third-order valence-corrected chi connectivity index (χ3v) is 10.1. The first kappa shape index (κ1) is 18.4. The summed E-state index contributed by atoms with van der Waals surface area (Å²) in [6, 6.07) is 13.1. The normalized spacial score (nSPS) is 16.3. The number of allylic oxidation sites excluding steroid dienone is 1. The number of hydrogen-bond acceptors (Lipinski definition) is 0. The topological polar surface area (TPSA) is 0 Å². The zero-order chi connectivity index (χ0) is 17.4. The van der Waals surface area contributed by atoms with E-state index in [1.165, 1.54) is 39.0 Å². The molecule has 1 atom stereocenters. The maximum absolute atomic E-state index is 6.58. The summed E-state index contributed by atoms with van der Waals surface area (Å²) in [5.74, 6) is 0.618. The molecule has 0 bridgehead atoms. The van der Waals surface area contributed by atoms with E-state index in [0.29, 0.717) is 9.54 Å². The van der Waals surface area contributed by atoms with Crippen LogP contribution in [0.1, 0.15) is 46.1 Å². The van der Waals surface area contributed by atoms with Crippen molar-refractivity contribution in [1.82, 2.24) is 0 Å². The van der Waals surface area contributed by atoms with E-state index in [-0.39, 0.29) is 0 Å². The average Bonchev–Trinajstić information content (AvgIpc) is 2.85. The van der Waals surface area contributed by atoms with E-state index in [0.717, 1.165) is 6.42 Å². The molecular formula is C21H23Cl2Zr. The van der Waals surface area contributed by atoms with Gasteiger partial charge in [-0.3, -0.25) is 0 Å². The molecule has 2 aromatic carbocycles. The van der Waals surface area contributed by atoms with Crippen LogP contribution in [0.15, 0.2) is 42.0 Å². The van der Waals surface area contributed by atoms with E-state index in [4.69, 9.17) is 17.0 Å². The summed E-state index contributed by atoms with van der Waals surface area (Å²) in [5.41, 5.74) is 9.46. The van der Waals surface area contributed by atoms with E-state index in [1.807, 2.05) is 0 Å². The molecule has 125 valence electrons. The molecule has 0 radical (unpaired) electrons. The van der Waals surface area contributed by atoms with Crippen molar-refractivity contribution in [2.24, 2.45) is 5.92 Å². The summed E-state index contributed by atoms with van der Waals surface area (Å²) in [5, 5.41) is 0. The Kier molecular flexibility index (Phi) is 5.75. The van der Waals surface area contributed by atoms with Crippen LogP contribution >= 0.6 is 17.0 Å². The molecule has 0 heterocycles. The van der Waals surface area contributed by atoms with Crippen molar-refractivity contribution in [2.45, 2.75) is 37.7 Å². The Morgan fingerprint density at radius 2 is 1.71 bits per heavy atom. The van der Waals surface area contributed by atoms with E-state index < -0.39 is 19.4 Å². The zero-order valence-electron chi connectivity index (χ0n) is 14.7. The molecule has 0 N–H and O–H groups in total. The van der Waals surface area contributed by atoms with Crippen LogP contribution in [0, 0.1) is 19.8 Å². The minimum absolute atomic E-state index is 0.302. The van der Waals surface area contributed by atoms with Crippen LogP contribution in [0.25, 0.3) is 17.2 Å². The van der Waals surface area contributed by atoms with Crippen molar-refractivity contribution in [2.75, 3.05) is 0 Å².